The SMILES string of the molecule is CCCCCN(CCO)Cc1ccc(Cl)c2cccnc12. The van der Waals surface area contributed by atoms with Crippen LogP contribution in [0.2, 0.25) is 5.02 Å². The first-order chi connectivity index (χ1) is 10.3. The van der Waals surface area contributed by atoms with Gasteiger partial charge < -0.3 is 5.11 Å². The molecule has 0 saturated heterocycles. The Bertz CT molecular complexity index is 574. The van der Waals surface area contributed by atoms with E-state index in [1.807, 2.05) is 24.3 Å². The molecule has 0 radical (unpaired) electrons. The van der Waals surface area contributed by atoms with Crippen LogP contribution < -0.4 is 0 Å². The summed E-state index contributed by atoms with van der Waals surface area (Å²) in [4.78, 5) is 6.76. The van der Waals surface area contributed by atoms with Crippen molar-refractivity contribution in [2.75, 3.05) is 19.7 Å². The summed E-state index contributed by atoms with van der Waals surface area (Å²) in [6.07, 6.45) is 5.39. The van der Waals surface area contributed by atoms with Crippen LogP contribution in [0.5, 0.6) is 0 Å². The number of fused-ring (bicyclic) bond motifs is 1. The Balaban J connectivity index is 2.18. The number of aliphatic hydroxyl groups excluding tert-OH is 1. The van der Waals surface area contributed by atoms with Gasteiger partial charge in [0.15, 0.2) is 0 Å². The molecule has 0 spiro atoms. The van der Waals surface area contributed by atoms with Crippen molar-refractivity contribution in [3.63, 3.8) is 0 Å². The molecule has 0 aliphatic heterocycles. The first-order valence-electron chi connectivity index (χ1n) is 7.61. The number of aromatic nitrogens is 1. The molecule has 1 heterocycles. The molecule has 1 aromatic carbocycles. The number of unbranched alkanes of at least 4 members (excludes halogenated alkanes) is 2. The molecule has 3 nitrogen and oxygen atoms in total. The first kappa shape index (κ1) is 16.2. The van der Waals surface area contributed by atoms with Crippen LogP contribution in [0.3, 0.4) is 0 Å². The second-order valence-corrected chi connectivity index (χ2v) is 5.72. The summed E-state index contributed by atoms with van der Waals surface area (Å²) >= 11 is 6.24. The molecule has 2 aromatic rings. The van der Waals surface area contributed by atoms with Gasteiger partial charge in [0.1, 0.15) is 0 Å². The van der Waals surface area contributed by atoms with Gasteiger partial charge in [-0.3, -0.25) is 9.88 Å². The lowest BCUT2D eigenvalue weighted by Gasteiger charge is -2.22. The third-order valence-electron chi connectivity index (χ3n) is 3.69. The largest absolute Gasteiger partial charge is 0.395 e. The van der Waals surface area contributed by atoms with E-state index in [4.69, 9.17) is 11.6 Å². The van der Waals surface area contributed by atoms with Crippen molar-refractivity contribution < 1.29 is 5.11 Å². The van der Waals surface area contributed by atoms with Gasteiger partial charge in [0.2, 0.25) is 0 Å². The molecule has 1 aromatic heterocycles. The Morgan fingerprint density at radius 2 is 2.05 bits per heavy atom. The fraction of sp³-hybridized carbons (Fsp3) is 0.471. The minimum atomic E-state index is 0.186. The van der Waals surface area contributed by atoms with Crippen LogP contribution in [-0.4, -0.2) is 34.7 Å². The minimum absolute atomic E-state index is 0.186. The summed E-state index contributed by atoms with van der Waals surface area (Å²) in [5.74, 6) is 0. The summed E-state index contributed by atoms with van der Waals surface area (Å²) < 4.78 is 0. The van der Waals surface area contributed by atoms with Gasteiger partial charge in [-0.15, -0.1) is 0 Å². The number of halogens is 1. The van der Waals surface area contributed by atoms with Gasteiger partial charge in [-0.25, -0.2) is 0 Å². The van der Waals surface area contributed by atoms with Crippen molar-refractivity contribution in [3.05, 3.63) is 41.0 Å². The van der Waals surface area contributed by atoms with Gasteiger partial charge in [0.05, 0.1) is 12.1 Å². The van der Waals surface area contributed by atoms with Crippen molar-refractivity contribution >= 4 is 22.5 Å². The highest BCUT2D eigenvalue weighted by Gasteiger charge is 2.10. The van der Waals surface area contributed by atoms with Gasteiger partial charge >= 0.3 is 0 Å². The zero-order valence-electron chi connectivity index (χ0n) is 12.6. The molecule has 114 valence electrons. The molecule has 0 aliphatic rings. The predicted octanol–water partition coefficient (Wildman–Crippen LogP) is 3.87. The van der Waals surface area contributed by atoms with E-state index in [-0.39, 0.29) is 6.61 Å². The van der Waals surface area contributed by atoms with E-state index >= 15 is 0 Å². The van der Waals surface area contributed by atoms with Crippen LogP contribution in [0.25, 0.3) is 10.9 Å². The maximum Gasteiger partial charge on any atom is 0.0761 e. The second kappa shape index (κ2) is 8.32. The number of pyridine rings is 1. The van der Waals surface area contributed by atoms with E-state index in [9.17, 15) is 5.11 Å². The maximum atomic E-state index is 9.25. The number of aliphatic hydroxyl groups is 1. The minimum Gasteiger partial charge on any atom is -0.395 e. The third kappa shape index (κ3) is 4.40. The Labute approximate surface area is 131 Å². The highest BCUT2D eigenvalue weighted by Crippen LogP contribution is 2.25. The van der Waals surface area contributed by atoms with Gasteiger partial charge in [-0.05, 0) is 36.7 Å². The molecule has 4 heteroatoms. The average Bonchev–Trinajstić information content (AvgIpc) is 2.51. The predicted molar refractivity (Wildman–Crippen MR) is 88.6 cm³/mol. The van der Waals surface area contributed by atoms with Gasteiger partial charge in [-0.2, -0.15) is 0 Å². The van der Waals surface area contributed by atoms with Crippen LogP contribution in [0.4, 0.5) is 0 Å². The fourth-order valence-corrected chi connectivity index (χ4v) is 2.78. The van der Waals surface area contributed by atoms with Crippen molar-refractivity contribution in [1.82, 2.24) is 9.88 Å². The molecule has 0 aliphatic carbocycles. The summed E-state index contributed by atoms with van der Waals surface area (Å²) in [5, 5.41) is 11.0. The third-order valence-corrected chi connectivity index (χ3v) is 4.02. The standard InChI is InChI=1S/C17H23ClN2O/c1-2-3-4-10-20(11-12-21)13-14-7-8-16(18)15-6-5-9-19-17(14)15/h5-9,21H,2-4,10-13H2,1H3. The number of nitrogens with zero attached hydrogens (tertiary/aromatic N) is 2. The molecule has 0 saturated carbocycles. The van der Waals surface area contributed by atoms with Gasteiger partial charge in [0.25, 0.3) is 0 Å². The molecule has 0 atom stereocenters. The van der Waals surface area contributed by atoms with E-state index in [1.165, 1.54) is 18.4 Å². The van der Waals surface area contributed by atoms with Crippen molar-refractivity contribution in [3.8, 4) is 0 Å². The highest BCUT2D eigenvalue weighted by atomic mass is 35.5. The summed E-state index contributed by atoms with van der Waals surface area (Å²) in [6, 6.07) is 7.89. The molecule has 1 N–H and O–H groups in total. The van der Waals surface area contributed by atoms with E-state index in [0.29, 0.717) is 6.54 Å². The normalized spacial score (nSPS) is 11.4. The number of benzene rings is 1. The molecule has 0 bridgehead atoms. The van der Waals surface area contributed by atoms with Crippen LogP contribution >= 0.6 is 11.6 Å². The van der Waals surface area contributed by atoms with Crippen LogP contribution in [0.15, 0.2) is 30.5 Å². The molecule has 0 amide bonds. The highest BCUT2D eigenvalue weighted by molar-refractivity contribution is 6.35. The molecule has 2 rings (SSSR count). The number of hydrogen-bond donors (Lipinski definition) is 1. The molecular weight excluding hydrogens is 284 g/mol. The Hall–Kier alpha value is -1.16. The van der Waals surface area contributed by atoms with Gasteiger partial charge in [0, 0.05) is 29.7 Å². The number of hydrogen-bond acceptors (Lipinski definition) is 3. The lowest BCUT2D eigenvalue weighted by molar-refractivity contribution is 0.188. The Morgan fingerprint density at radius 3 is 2.81 bits per heavy atom. The van der Waals surface area contributed by atoms with E-state index in [2.05, 4.69) is 16.8 Å². The van der Waals surface area contributed by atoms with E-state index in [1.54, 1.807) is 6.20 Å². The lowest BCUT2D eigenvalue weighted by atomic mass is 10.1. The van der Waals surface area contributed by atoms with Crippen molar-refractivity contribution in [1.29, 1.82) is 0 Å². The summed E-state index contributed by atoms with van der Waals surface area (Å²) in [6.45, 7) is 4.89. The molecular formula is C17H23ClN2O. The van der Waals surface area contributed by atoms with Gasteiger partial charge in [-0.1, -0.05) is 37.4 Å². The Kier molecular flexibility index (Phi) is 6.43. The monoisotopic (exact) mass is 306 g/mol. The maximum absolute atomic E-state index is 9.25. The Morgan fingerprint density at radius 1 is 1.19 bits per heavy atom. The summed E-state index contributed by atoms with van der Waals surface area (Å²) in [7, 11) is 0. The second-order valence-electron chi connectivity index (χ2n) is 5.31. The number of rotatable bonds is 8. The lowest BCUT2D eigenvalue weighted by Crippen LogP contribution is -2.27. The quantitative estimate of drug-likeness (QED) is 0.752. The smallest absolute Gasteiger partial charge is 0.0761 e. The van der Waals surface area contributed by atoms with E-state index in [0.717, 1.165) is 35.4 Å². The molecule has 21 heavy (non-hydrogen) atoms. The van der Waals surface area contributed by atoms with Crippen LogP contribution in [0, 0.1) is 0 Å². The van der Waals surface area contributed by atoms with Crippen LogP contribution in [0.1, 0.15) is 31.7 Å². The van der Waals surface area contributed by atoms with Crippen molar-refractivity contribution in [2.45, 2.75) is 32.7 Å². The fourth-order valence-electron chi connectivity index (χ4n) is 2.56. The topological polar surface area (TPSA) is 36.4 Å². The average molecular weight is 307 g/mol. The zero-order chi connectivity index (χ0) is 15.1. The molecule has 0 fully saturated rings. The molecule has 0 unspecified atom stereocenters. The van der Waals surface area contributed by atoms with Crippen LogP contribution in [-0.2, 0) is 6.54 Å². The van der Waals surface area contributed by atoms with E-state index < -0.39 is 0 Å². The summed E-state index contributed by atoms with van der Waals surface area (Å²) in [5.41, 5.74) is 2.13. The first-order valence-corrected chi connectivity index (χ1v) is 7.99. The zero-order valence-corrected chi connectivity index (χ0v) is 13.3. The van der Waals surface area contributed by atoms with Crippen molar-refractivity contribution in [2.24, 2.45) is 0 Å².